The number of hydrogen-bond acceptors (Lipinski definition) is 4. The predicted molar refractivity (Wildman–Crippen MR) is 87.5 cm³/mol. The van der Waals surface area contributed by atoms with Crippen molar-refractivity contribution in [3.8, 4) is 0 Å². The molecule has 1 fully saturated rings. The van der Waals surface area contributed by atoms with Crippen molar-refractivity contribution in [3.05, 3.63) is 23.7 Å². The molecule has 0 aliphatic heterocycles. The first-order chi connectivity index (χ1) is 10.6. The van der Waals surface area contributed by atoms with Gasteiger partial charge >= 0.3 is 6.03 Å². The van der Waals surface area contributed by atoms with Crippen molar-refractivity contribution in [2.45, 2.75) is 39.8 Å². The highest BCUT2D eigenvalue weighted by molar-refractivity contribution is 6.29. The van der Waals surface area contributed by atoms with Crippen molar-refractivity contribution in [1.29, 1.82) is 0 Å². The molecule has 0 unspecified atom stereocenters. The molecule has 2 heterocycles. The van der Waals surface area contributed by atoms with Gasteiger partial charge in [0.25, 0.3) is 0 Å². The van der Waals surface area contributed by atoms with E-state index in [9.17, 15) is 9.90 Å². The number of aliphatic hydroxyl groups excluding tert-OH is 1. The van der Waals surface area contributed by atoms with Gasteiger partial charge in [0.1, 0.15) is 5.15 Å². The molecule has 1 saturated carbocycles. The van der Waals surface area contributed by atoms with Crippen LogP contribution in [0.1, 0.15) is 27.7 Å². The molecule has 0 atom stereocenters. The summed E-state index contributed by atoms with van der Waals surface area (Å²) in [4.78, 5) is 20.6. The van der Waals surface area contributed by atoms with Gasteiger partial charge in [-0.05, 0) is 0 Å². The summed E-state index contributed by atoms with van der Waals surface area (Å²) in [5.41, 5.74) is -0.284. The van der Waals surface area contributed by atoms with Gasteiger partial charge in [0, 0.05) is 35.5 Å². The molecule has 2 amide bonds. The van der Waals surface area contributed by atoms with Crippen molar-refractivity contribution in [3.63, 3.8) is 0 Å². The van der Waals surface area contributed by atoms with E-state index in [1.165, 1.54) is 0 Å². The summed E-state index contributed by atoms with van der Waals surface area (Å²) >= 11 is 5.95. The number of anilines is 1. The molecule has 7 nitrogen and oxygen atoms in total. The van der Waals surface area contributed by atoms with Gasteiger partial charge in [0.15, 0.2) is 11.5 Å². The maximum atomic E-state index is 12.4. The van der Waals surface area contributed by atoms with Crippen molar-refractivity contribution < 1.29 is 9.90 Å². The number of carbonyl (C=O) groups excluding carboxylic acids is 1. The van der Waals surface area contributed by atoms with Crippen molar-refractivity contribution in [2.75, 3.05) is 5.32 Å². The number of hydrogen-bond donors (Lipinski definition) is 3. The van der Waals surface area contributed by atoms with Crippen LogP contribution in [0.25, 0.3) is 5.65 Å². The average molecular weight is 338 g/mol. The fraction of sp³-hybridized carbons (Fsp3) is 0.533. The number of aliphatic hydroxyl groups is 1. The number of urea groups is 1. The predicted octanol–water partition coefficient (Wildman–Crippen LogP) is 2.30. The molecule has 124 valence electrons. The fourth-order valence-corrected chi connectivity index (χ4v) is 3.96. The lowest BCUT2D eigenvalue weighted by molar-refractivity contribution is -0.178. The zero-order valence-electron chi connectivity index (χ0n) is 13.5. The Morgan fingerprint density at radius 1 is 1.35 bits per heavy atom. The smallest absolute Gasteiger partial charge is 0.320 e. The van der Waals surface area contributed by atoms with Crippen molar-refractivity contribution >= 4 is 29.1 Å². The molecule has 0 saturated heterocycles. The van der Waals surface area contributed by atoms with E-state index in [4.69, 9.17) is 11.6 Å². The molecule has 3 rings (SSSR count). The molecule has 2 aromatic rings. The van der Waals surface area contributed by atoms with Gasteiger partial charge in [-0.3, -0.25) is 5.32 Å². The van der Waals surface area contributed by atoms with Crippen LogP contribution in [0, 0.1) is 10.8 Å². The van der Waals surface area contributed by atoms with Gasteiger partial charge in [0.2, 0.25) is 0 Å². The number of imidazole rings is 1. The lowest BCUT2D eigenvalue weighted by atomic mass is 9.49. The number of fused-ring (bicyclic) bond motifs is 1. The van der Waals surface area contributed by atoms with E-state index in [2.05, 4.69) is 20.6 Å². The molecule has 2 aromatic heterocycles. The Balaban J connectivity index is 1.78. The molecule has 0 spiro atoms. The van der Waals surface area contributed by atoms with Gasteiger partial charge in [-0.2, -0.15) is 0 Å². The highest BCUT2D eigenvalue weighted by atomic mass is 35.5. The molecule has 0 bridgehead atoms. The fourth-order valence-electron chi connectivity index (χ4n) is 3.77. The summed E-state index contributed by atoms with van der Waals surface area (Å²) in [7, 11) is 0. The molecule has 0 radical (unpaired) electrons. The molecule has 8 heteroatoms. The topological polar surface area (TPSA) is 91.5 Å². The van der Waals surface area contributed by atoms with E-state index in [0.29, 0.717) is 5.65 Å². The summed E-state index contributed by atoms with van der Waals surface area (Å²) in [5, 5.41) is 16.1. The van der Waals surface area contributed by atoms with E-state index < -0.39 is 23.0 Å². The van der Waals surface area contributed by atoms with Crippen LogP contribution in [0.2, 0.25) is 5.15 Å². The van der Waals surface area contributed by atoms with Crippen LogP contribution < -0.4 is 10.6 Å². The molecule has 1 aliphatic carbocycles. The minimum absolute atomic E-state index is 0.167. The Labute approximate surface area is 139 Å². The molecule has 3 N–H and O–H groups in total. The molecular weight excluding hydrogens is 318 g/mol. The highest BCUT2D eigenvalue weighted by Gasteiger charge is 2.61. The SMILES string of the molecule is CC1(C)C(O)C(C)(C)C1NC(=O)Nc1nc(Cl)cn2ccnc12. The van der Waals surface area contributed by atoms with Crippen LogP contribution >= 0.6 is 11.6 Å². The van der Waals surface area contributed by atoms with E-state index in [1.54, 1.807) is 23.0 Å². The van der Waals surface area contributed by atoms with Crippen LogP contribution in [-0.2, 0) is 0 Å². The Morgan fingerprint density at radius 2 is 2.00 bits per heavy atom. The van der Waals surface area contributed by atoms with Crippen molar-refractivity contribution in [2.24, 2.45) is 10.8 Å². The Kier molecular flexibility index (Phi) is 3.53. The molecular formula is C15H20ClN5O2. The lowest BCUT2D eigenvalue weighted by Gasteiger charge is -2.61. The first kappa shape index (κ1) is 16.0. The number of aromatic nitrogens is 3. The third kappa shape index (κ3) is 2.44. The van der Waals surface area contributed by atoms with Crippen molar-refractivity contribution in [1.82, 2.24) is 19.7 Å². The van der Waals surface area contributed by atoms with E-state index >= 15 is 0 Å². The Hall–Kier alpha value is -1.86. The van der Waals surface area contributed by atoms with Crippen LogP contribution in [0.3, 0.4) is 0 Å². The third-order valence-corrected chi connectivity index (χ3v) is 4.93. The van der Waals surface area contributed by atoms with Gasteiger partial charge in [-0.15, -0.1) is 0 Å². The zero-order chi connectivity index (χ0) is 17.0. The maximum Gasteiger partial charge on any atom is 0.320 e. The van der Waals surface area contributed by atoms with Crippen LogP contribution in [0.5, 0.6) is 0 Å². The van der Waals surface area contributed by atoms with Gasteiger partial charge in [-0.1, -0.05) is 39.3 Å². The maximum absolute atomic E-state index is 12.4. The summed E-state index contributed by atoms with van der Waals surface area (Å²) < 4.78 is 1.69. The number of nitrogens with zero attached hydrogens (tertiary/aromatic N) is 3. The quantitative estimate of drug-likeness (QED) is 0.784. The highest BCUT2D eigenvalue weighted by Crippen LogP contribution is 2.53. The van der Waals surface area contributed by atoms with E-state index in [0.717, 1.165) is 0 Å². The molecule has 23 heavy (non-hydrogen) atoms. The second-order valence-corrected chi connectivity index (χ2v) is 7.53. The number of amides is 2. The monoisotopic (exact) mass is 337 g/mol. The van der Waals surface area contributed by atoms with Crippen LogP contribution in [0.15, 0.2) is 18.6 Å². The summed E-state index contributed by atoms with van der Waals surface area (Å²) in [6.45, 7) is 7.72. The summed E-state index contributed by atoms with van der Waals surface area (Å²) in [6.07, 6.45) is 4.45. The van der Waals surface area contributed by atoms with Crippen LogP contribution in [-0.4, -0.2) is 37.7 Å². The largest absolute Gasteiger partial charge is 0.392 e. The number of carbonyl (C=O) groups is 1. The average Bonchev–Trinajstić information content (AvgIpc) is 2.91. The Bertz CT molecular complexity index is 754. The Morgan fingerprint density at radius 3 is 2.65 bits per heavy atom. The normalized spacial score (nSPS) is 25.0. The zero-order valence-corrected chi connectivity index (χ0v) is 14.2. The van der Waals surface area contributed by atoms with Gasteiger partial charge in [-0.25, -0.2) is 14.8 Å². The lowest BCUT2D eigenvalue weighted by Crippen LogP contribution is -2.73. The summed E-state index contributed by atoms with van der Waals surface area (Å²) in [5.74, 6) is 0.287. The first-order valence-corrected chi connectivity index (χ1v) is 7.76. The third-order valence-electron chi connectivity index (χ3n) is 4.75. The summed E-state index contributed by atoms with van der Waals surface area (Å²) in [6, 6.07) is -0.567. The second kappa shape index (κ2) is 5.07. The van der Waals surface area contributed by atoms with E-state index in [-0.39, 0.29) is 17.0 Å². The number of nitrogens with one attached hydrogen (secondary N) is 2. The minimum Gasteiger partial charge on any atom is -0.392 e. The standard InChI is InChI=1S/C15H20ClN5O2/c1-14(2)11(15(3,4)12(14)22)20-13(23)19-9-10-17-5-6-21(10)7-8(16)18-9/h5-7,11-12,22H,1-4H3,(H2,18,19,20,23). The first-order valence-electron chi connectivity index (χ1n) is 7.39. The van der Waals surface area contributed by atoms with Crippen LogP contribution in [0.4, 0.5) is 10.6 Å². The van der Waals surface area contributed by atoms with E-state index in [1.807, 2.05) is 27.7 Å². The second-order valence-electron chi connectivity index (χ2n) is 7.15. The molecule has 0 aromatic carbocycles. The number of halogens is 1. The number of rotatable bonds is 2. The minimum atomic E-state index is -0.483. The van der Waals surface area contributed by atoms with Gasteiger partial charge in [0.05, 0.1) is 6.10 Å². The molecule has 1 aliphatic rings. The van der Waals surface area contributed by atoms with Gasteiger partial charge < -0.3 is 14.8 Å².